The first-order valence-electron chi connectivity index (χ1n) is 5.78. The minimum atomic E-state index is -0.334. The molecule has 0 spiro atoms. The number of hydrogen-bond donors (Lipinski definition) is 2. The summed E-state index contributed by atoms with van der Waals surface area (Å²) in [6.07, 6.45) is 1.75. The molecule has 0 aromatic heterocycles. The van der Waals surface area contributed by atoms with Crippen molar-refractivity contribution in [1.29, 1.82) is 0 Å². The van der Waals surface area contributed by atoms with Crippen LogP contribution in [0.2, 0.25) is 0 Å². The van der Waals surface area contributed by atoms with Gasteiger partial charge in [0.25, 0.3) is 0 Å². The molecule has 1 aromatic rings. The first kappa shape index (κ1) is 18.2. The van der Waals surface area contributed by atoms with E-state index in [1.807, 2.05) is 0 Å². The van der Waals surface area contributed by atoms with E-state index in [0.29, 0.717) is 5.56 Å². The highest BCUT2D eigenvalue weighted by Gasteiger charge is 2.22. The van der Waals surface area contributed by atoms with Crippen molar-refractivity contribution < 1.29 is 9.50 Å². The lowest BCUT2D eigenvalue weighted by atomic mass is 10.0. The van der Waals surface area contributed by atoms with Gasteiger partial charge in [0.15, 0.2) is 0 Å². The highest BCUT2D eigenvalue weighted by atomic mass is 35.5. The SMILES string of the molecule is C=C[C@@H](c1cc(F)ccc1O)N1CCNCC1.Cl.Cl. The van der Waals surface area contributed by atoms with Gasteiger partial charge in [-0.05, 0) is 18.2 Å². The van der Waals surface area contributed by atoms with E-state index < -0.39 is 0 Å². The first-order valence-corrected chi connectivity index (χ1v) is 5.78. The lowest BCUT2D eigenvalue weighted by Crippen LogP contribution is -2.44. The number of nitrogens with zero attached hydrogens (tertiary/aromatic N) is 1. The lowest BCUT2D eigenvalue weighted by molar-refractivity contribution is 0.200. The molecule has 2 N–H and O–H groups in total. The van der Waals surface area contributed by atoms with Crippen LogP contribution in [-0.4, -0.2) is 36.2 Å². The van der Waals surface area contributed by atoms with Crippen LogP contribution in [-0.2, 0) is 0 Å². The van der Waals surface area contributed by atoms with Gasteiger partial charge >= 0.3 is 0 Å². The van der Waals surface area contributed by atoms with Gasteiger partial charge in [-0.3, -0.25) is 4.90 Å². The monoisotopic (exact) mass is 308 g/mol. The quantitative estimate of drug-likeness (QED) is 0.842. The van der Waals surface area contributed by atoms with Gasteiger partial charge in [-0.2, -0.15) is 0 Å². The Hall–Kier alpha value is -0.810. The van der Waals surface area contributed by atoms with Gasteiger partial charge in [0, 0.05) is 31.7 Å². The van der Waals surface area contributed by atoms with Crippen LogP contribution < -0.4 is 5.32 Å². The van der Waals surface area contributed by atoms with E-state index in [4.69, 9.17) is 0 Å². The molecule has 0 radical (unpaired) electrons. The molecule has 1 fully saturated rings. The van der Waals surface area contributed by atoms with Crippen LogP contribution in [0.1, 0.15) is 11.6 Å². The number of phenols is 1. The average Bonchev–Trinajstić information content (AvgIpc) is 2.36. The highest BCUT2D eigenvalue weighted by molar-refractivity contribution is 5.85. The van der Waals surface area contributed by atoms with Crippen LogP contribution in [0.5, 0.6) is 5.75 Å². The fourth-order valence-corrected chi connectivity index (χ4v) is 2.20. The van der Waals surface area contributed by atoms with E-state index in [2.05, 4.69) is 16.8 Å². The lowest BCUT2D eigenvalue weighted by Gasteiger charge is -2.33. The Kier molecular flexibility index (Phi) is 8.02. The van der Waals surface area contributed by atoms with Crippen LogP contribution in [0.25, 0.3) is 0 Å². The second-order valence-corrected chi connectivity index (χ2v) is 4.17. The molecule has 0 aliphatic carbocycles. The molecule has 108 valence electrons. The van der Waals surface area contributed by atoms with Crippen LogP contribution >= 0.6 is 24.8 Å². The number of benzene rings is 1. The smallest absolute Gasteiger partial charge is 0.123 e. The Balaban J connectivity index is 0.00000162. The van der Waals surface area contributed by atoms with Crippen molar-refractivity contribution in [2.75, 3.05) is 26.2 Å². The van der Waals surface area contributed by atoms with Gasteiger partial charge in [-0.15, -0.1) is 31.4 Å². The third-order valence-electron chi connectivity index (χ3n) is 3.08. The number of phenolic OH excluding ortho intramolecular Hbond substituents is 1. The topological polar surface area (TPSA) is 35.5 Å². The van der Waals surface area contributed by atoms with Gasteiger partial charge in [0.05, 0.1) is 6.04 Å². The third-order valence-corrected chi connectivity index (χ3v) is 3.08. The summed E-state index contributed by atoms with van der Waals surface area (Å²) in [6, 6.07) is 3.90. The number of halogens is 3. The van der Waals surface area contributed by atoms with E-state index in [-0.39, 0.29) is 42.4 Å². The molecular formula is C13H19Cl2FN2O. The van der Waals surface area contributed by atoms with Crippen molar-refractivity contribution in [3.63, 3.8) is 0 Å². The molecule has 6 heteroatoms. The molecular weight excluding hydrogens is 290 g/mol. The third kappa shape index (κ3) is 4.35. The Morgan fingerprint density at radius 2 is 1.95 bits per heavy atom. The molecule has 1 heterocycles. The zero-order chi connectivity index (χ0) is 12.3. The predicted octanol–water partition coefficient (Wildman–Crippen LogP) is 2.51. The summed E-state index contributed by atoms with van der Waals surface area (Å²) < 4.78 is 13.2. The summed E-state index contributed by atoms with van der Waals surface area (Å²) in [4.78, 5) is 2.18. The molecule has 0 bridgehead atoms. The van der Waals surface area contributed by atoms with E-state index in [9.17, 15) is 9.50 Å². The largest absolute Gasteiger partial charge is 0.508 e. The molecule has 1 aliphatic rings. The van der Waals surface area contributed by atoms with Crippen molar-refractivity contribution in [1.82, 2.24) is 10.2 Å². The van der Waals surface area contributed by atoms with Crippen molar-refractivity contribution >= 4 is 24.8 Å². The standard InChI is InChI=1S/C13H17FN2O.2ClH/c1-2-12(16-7-5-15-6-8-16)11-9-10(14)3-4-13(11)17;;/h2-4,9,12,15,17H,1,5-8H2;2*1H/t12-;;/m0../s1. The summed E-state index contributed by atoms with van der Waals surface area (Å²) in [5, 5.41) is 13.1. The van der Waals surface area contributed by atoms with Gasteiger partial charge in [0.1, 0.15) is 11.6 Å². The minimum Gasteiger partial charge on any atom is -0.508 e. The molecule has 3 nitrogen and oxygen atoms in total. The molecule has 0 amide bonds. The predicted molar refractivity (Wildman–Crippen MR) is 79.9 cm³/mol. The van der Waals surface area contributed by atoms with E-state index >= 15 is 0 Å². The van der Waals surface area contributed by atoms with Crippen LogP contribution in [0.15, 0.2) is 30.9 Å². The molecule has 1 atom stereocenters. The Bertz CT molecular complexity index is 412. The highest BCUT2D eigenvalue weighted by Crippen LogP contribution is 2.30. The van der Waals surface area contributed by atoms with E-state index in [1.54, 1.807) is 6.08 Å². The van der Waals surface area contributed by atoms with Crippen molar-refractivity contribution in [2.45, 2.75) is 6.04 Å². The number of piperazine rings is 1. The fourth-order valence-electron chi connectivity index (χ4n) is 2.20. The second kappa shape index (κ2) is 8.38. The summed E-state index contributed by atoms with van der Waals surface area (Å²) in [5.41, 5.74) is 0.585. The van der Waals surface area contributed by atoms with Gasteiger partial charge in [-0.1, -0.05) is 6.08 Å². The summed E-state index contributed by atoms with van der Waals surface area (Å²) in [6.45, 7) is 7.33. The molecule has 0 saturated carbocycles. The molecule has 0 unspecified atom stereocenters. The van der Waals surface area contributed by atoms with Crippen molar-refractivity contribution in [3.05, 3.63) is 42.2 Å². The maximum absolute atomic E-state index is 13.2. The normalized spacial score (nSPS) is 16.9. The number of rotatable bonds is 3. The van der Waals surface area contributed by atoms with Gasteiger partial charge < -0.3 is 10.4 Å². The van der Waals surface area contributed by atoms with Crippen LogP contribution in [0, 0.1) is 5.82 Å². The molecule has 1 aromatic carbocycles. The zero-order valence-corrected chi connectivity index (χ0v) is 12.1. The van der Waals surface area contributed by atoms with Crippen molar-refractivity contribution in [2.24, 2.45) is 0 Å². The Morgan fingerprint density at radius 1 is 1.32 bits per heavy atom. The molecule has 2 rings (SSSR count). The van der Waals surface area contributed by atoms with Crippen LogP contribution in [0.4, 0.5) is 4.39 Å². The average molecular weight is 309 g/mol. The minimum absolute atomic E-state index is 0. The van der Waals surface area contributed by atoms with Crippen LogP contribution in [0.3, 0.4) is 0 Å². The Labute approximate surface area is 125 Å². The maximum atomic E-state index is 13.2. The number of aromatic hydroxyl groups is 1. The maximum Gasteiger partial charge on any atom is 0.123 e. The number of hydrogen-bond acceptors (Lipinski definition) is 3. The molecule has 1 aliphatic heterocycles. The zero-order valence-electron chi connectivity index (χ0n) is 10.5. The first-order chi connectivity index (χ1) is 8.22. The number of nitrogens with one attached hydrogen (secondary N) is 1. The van der Waals surface area contributed by atoms with Gasteiger partial charge in [-0.25, -0.2) is 4.39 Å². The van der Waals surface area contributed by atoms with Crippen molar-refractivity contribution in [3.8, 4) is 5.75 Å². The summed E-state index contributed by atoms with van der Waals surface area (Å²) in [5.74, 6) is -0.213. The molecule has 1 saturated heterocycles. The van der Waals surface area contributed by atoms with Gasteiger partial charge in [0.2, 0.25) is 0 Å². The van der Waals surface area contributed by atoms with E-state index in [1.165, 1.54) is 18.2 Å². The summed E-state index contributed by atoms with van der Waals surface area (Å²) in [7, 11) is 0. The molecule has 19 heavy (non-hydrogen) atoms. The fraction of sp³-hybridized carbons (Fsp3) is 0.385. The summed E-state index contributed by atoms with van der Waals surface area (Å²) >= 11 is 0. The second-order valence-electron chi connectivity index (χ2n) is 4.17. The Morgan fingerprint density at radius 3 is 2.53 bits per heavy atom. The van der Waals surface area contributed by atoms with E-state index in [0.717, 1.165) is 26.2 Å².